The molecule has 3 atom stereocenters. The van der Waals surface area contributed by atoms with Crippen molar-refractivity contribution in [2.24, 2.45) is 5.92 Å². The van der Waals surface area contributed by atoms with Crippen molar-refractivity contribution in [2.45, 2.75) is 37.4 Å². The van der Waals surface area contributed by atoms with Gasteiger partial charge in [0.2, 0.25) is 5.91 Å². The van der Waals surface area contributed by atoms with Gasteiger partial charge in [-0.05, 0) is 43.4 Å². The second-order valence-corrected chi connectivity index (χ2v) is 6.15. The lowest BCUT2D eigenvalue weighted by Gasteiger charge is -2.19. The first-order valence-corrected chi connectivity index (χ1v) is 7.83. The van der Waals surface area contributed by atoms with Crippen molar-refractivity contribution in [2.75, 3.05) is 7.11 Å². The number of hydrogen-bond donors (Lipinski definition) is 3. The Labute approximate surface area is 137 Å². The number of nitrogens with one attached hydrogen (secondary N) is 3. The summed E-state index contributed by atoms with van der Waals surface area (Å²) < 4.78 is 32.0. The number of methoxy groups -OCH3 is 1. The van der Waals surface area contributed by atoms with Crippen LogP contribution in [0.5, 0.6) is 0 Å². The lowest BCUT2D eigenvalue weighted by atomic mass is 10.0. The van der Waals surface area contributed by atoms with Crippen molar-refractivity contribution in [3.63, 3.8) is 0 Å². The molecule has 0 spiro atoms. The van der Waals surface area contributed by atoms with Gasteiger partial charge in [-0.25, -0.2) is 19.0 Å². The van der Waals surface area contributed by atoms with Crippen LogP contribution in [0.3, 0.4) is 0 Å². The van der Waals surface area contributed by atoms with Crippen molar-refractivity contribution < 1.29 is 23.1 Å². The lowest BCUT2D eigenvalue weighted by molar-refractivity contribution is -0.145. The average Bonchev–Trinajstić information content (AvgIpc) is 3.31. The number of hydrazine groups is 1. The van der Waals surface area contributed by atoms with Gasteiger partial charge in [-0.1, -0.05) is 0 Å². The molecule has 130 valence electrons. The summed E-state index contributed by atoms with van der Waals surface area (Å²) in [5.41, 5.74) is 5.69. The van der Waals surface area contributed by atoms with E-state index in [4.69, 9.17) is 0 Å². The van der Waals surface area contributed by atoms with Gasteiger partial charge in [0, 0.05) is 11.6 Å². The molecule has 0 bridgehead atoms. The highest BCUT2D eigenvalue weighted by molar-refractivity contribution is 5.88. The minimum Gasteiger partial charge on any atom is -0.467 e. The van der Waals surface area contributed by atoms with Crippen LogP contribution >= 0.6 is 0 Å². The quantitative estimate of drug-likeness (QED) is 0.696. The standard InChI is InChI=1S/C16H19F2N3O3/c1-24-16(23)14(10-6-9(17)4-5-11(10)18)19-15(22)13-7-12(20-21-13)8-2-3-8/h4-6,8,12-14,20-21H,2-3,7H2,1H3,(H,19,22). The van der Waals surface area contributed by atoms with Crippen LogP contribution in [-0.2, 0) is 14.3 Å². The Morgan fingerprint density at radius 3 is 2.71 bits per heavy atom. The summed E-state index contributed by atoms with van der Waals surface area (Å²) in [4.78, 5) is 24.3. The van der Waals surface area contributed by atoms with Crippen molar-refractivity contribution >= 4 is 11.9 Å². The normalized spacial score (nSPS) is 24.5. The average molecular weight is 339 g/mol. The highest BCUT2D eigenvalue weighted by Gasteiger charge is 2.40. The molecule has 8 heteroatoms. The third-order valence-electron chi connectivity index (χ3n) is 4.43. The van der Waals surface area contributed by atoms with Crippen LogP contribution in [0.25, 0.3) is 0 Å². The molecule has 2 fully saturated rings. The summed E-state index contributed by atoms with van der Waals surface area (Å²) in [5, 5.41) is 2.45. The van der Waals surface area contributed by atoms with Crippen LogP contribution in [0, 0.1) is 17.6 Å². The summed E-state index contributed by atoms with van der Waals surface area (Å²) in [6.07, 6.45) is 2.84. The third kappa shape index (κ3) is 3.54. The molecule has 1 amide bonds. The van der Waals surface area contributed by atoms with Crippen molar-refractivity contribution in [1.82, 2.24) is 16.2 Å². The minimum absolute atomic E-state index is 0.211. The Morgan fingerprint density at radius 1 is 1.29 bits per heavy atom. The van der Waals surface area contributed by atoms with Crippen LogP contribution in [0.15, 0.2) is 18.2 Å². The molecule has 3 unspecified atom stereocenters. The number of halogens is 2. The van der Waals surface area contributed by atoms with Gasteiger partial charge in [-0.15, -0.1) is 0 Å². The van der Waals surface area contributed by atoms with E-state index in [1.165, 1.54) is 0 Å². The Morgan fingerprint density at radius 2 is 2.04 bits per heavy atom. The maximum absolute atomic E-state index is 14.0. The van der Waals surface area contributed by atoms with Crippen LogP contribution in [-0.4, -0.2) is 31.1 Å². The summed E-state index contributed by atoms with van der Waals surface area (Å²) in [7, 11) is 1.12. The molecule has 3 rings (SSSR count). The number of carbonyl (C=O) groups is 2. The Kier molecular flexibility index (Phi) is 4.77. The summed E-state index contributed by atoms with van der Waals surface area (Å²) >= 11 is 0. The van der Waals surface area contributed by atoms with Crippen LogP contribution in [0.2, 0.25) is 0 Å². The molecular formula is C16H19F2N3O3. The molecule has 0 aromatic heterocycles. The first-order valence-electron chi connectivity index (χ1n) is 7.83. The van der Waals surface area contributed by atoms with Gasteiger partial charge in [-0.3, -0.25) is 10.2 Å². The number of benzene rings is 1. The van der Waals surface area contributed by atoms with Gasteiger partial charge in [-0.2, -0.15) is 0 Å². The second kappa shape index (κ2) is 6.82. The predicted molar refractivity (Wildman–Crippen MR) is 80.4 cm³/mol. The maximum atomic E-state index is 14.0. The Bertz CT molecular complexity index is 651. The fraction of sp³-hybridized carbons (Fsp3) is 0.500. The SMILES string of the molecule is COC(=O)C(NC(=O)C1CC(C2CC2)NN1)c1cc(F)ccc1F. The van der Waals surface area contributed by atoms with E-state index in [2.05, 4.69) is 20.9 Å². The maximum Gasteiger partial charge on any atom is 0.333 e. The molecule has 6 nitrogen and oxygen atoms in total. The monoisotopic (exact) mass is 339 g/mol. The Hall–Kier alpha value is -2.06. The van der Waals surface area contributed by atoms with Crippen LogP contribution < -0.4 is 16.2 Å². The van der Waals surface area contributed by atoms with E-state index in [1.807, 2.05) is 0 Å². The zero-order valence-electron chi connectivity index (χ0n) is 13.1. The molecule has 2 aliphatic rings. The second-order valence-electron chi connectivity index (χ2n) is 6.15. The van der Waals surface area contributed by atoms with Crippen LogP contribution in [0.4, 0.5) is 8.78 Å². The Balaban J connectivity index is 1.73. The molecule has 1 aromatic rings. The number of carbonyl (C=O) groups excluding carboxylic acids is 2. The third-order valence-corrected chi connectivity index (χ3v) is 4.43. The largest absolute Gasteiger partial charge is 0.467 e. The van der Waals surface area contributed by atoms with Gasteiger partial charge in [0.15, 0.2) is 6.04 Å². The summed E-state index contributed by atoms with van der Waals surface area (Å²) in [6, 6.07) is 0.996. The molecule has 24 heavy (non-hydrogen) atoms. The van der Waals surface area contributed by atoms with Crippen LogP contribution in [0.1, 0.15) is 30.9 Å². The van der Waals surface area contributed by atoms with Crippen molar-refractivity contribution in [3.05, 3.63) is 35.4 Å². The van der Waals surface area contributed by atoms with Gasteiger partial charge < -0.3 is 10.1 Å². The topological polar surface area (TPSA) is 79.5 Å². The molecule has 0 radical (unpaired) electrons. The van der Waals surface area contributed by atoms with Crippen molar-refractivity contribution in [3.8, 4) is 0 Å². The molecule has 3 N–H and O–H groups in total. The molecule has 1 saturated heterocycles. The van der Waals surface area contributed by atoms with E-state index in [-0.39, 0.29) is 11.6 Å². The number of ether oxygens (including phenoxy) is 1. The number of hydrogen-bond acceptors (Lipinski definition) is 5. The molecule has 1 saturated carbocycles. The van der Waals surface area contributed by atoms with E-state index in [0.717, 1.165) is 38.2 Å². The zero-order valence-corrected chi connectivity index (χ0v) is 13.1. The molecule has 1 aromatic carbocycles. The first-order chi connectivity index (χ1) is 11.5. The highest BCUT2D eigenvalue weighted by atomic mass is 19.1. The number of esters is 1. The minimum atomic E-state index is -1.40. The molecule has 1 heterocycles. The van der Waals surface area contributed by atoms with Gasteiger partial charge in [0.25, 0.3) is 0 Å². The van der Waals surface area contributed by atoms with E-state index in [9.17, 15) is 18.4 Å². The van der Waals surface area contributed by atoms with Gasteiger partial charge >= 0.3 is 5.97 Å². The highest BCUT2D eigenvalue weighted by Crippen LogP contribution is 2.35. The molecule has 1 aliphatic heterocycles. The van der Waals surface area contributed by atoms with Gasteiger partial charge in [0.05, 0.1) is 7.11 Å². The van der Waals surface area contributed by atoms with Crippen molar-refractivity contribution in [1.29, 1.82) is 0 Å². The predicted octanol–water partition coefficient (Wildman–Crippen LogP) is 0.940. The first kappa shape index (κ1) is 16.8. The lowest BCUT2D eigenvalue weighted by Crippen LogP contribution is -2.46. The summed E-state index contributed by atoms with van der Waals surface area (Å²) in [6.45, 7) is 0. The smallest absolute Gasteiger partial charge is 0.333 e. The van der Waals surface area contributed by atoms with Gasteiger partial charge in [0.1, 0.15) is 17.7 Å². The molecular weight excluding hydrogens is 320 g/mol. The number of amides is 1. The fourth-order valence-corrected chi connectivity index (χ4v) is 2.92. The van der Waals surface area contributed by atoms with E-state index < -0.39 is 35.6 Å². The molecule has 1 aliphatic carbocycles. The van der Waals surface area contributed by atoms with E-state index in [0.29, 0.717) is 12.3 Å². The van der Waals surface area contributed by atoms with E-state index in [1.54, 1.807) is 0 Å². The number of rotatable bonds is 5. The summed E-state index contributed by atoms with van der Waals surface area (Å²) in [5.74, 6) is -2.26. The van der Waals surface area contributed by atoms with E-state index >= 15 is 0 Å². The zero-order chi connectivity index (χ0) is 17.3. The fourth-order valence-electron chi connectivity index (χ4n) is 2.92.